The minimum Gasteiger partial charge on any atom is -0.299 e. The zero-order valence-corrected chi connectivity index (χ0v) is 7.29. The Hall–Kier alpha value is -1.11. The molecule has 0 aliphatic carbocycles. The van der Waals surface area contributed by atoms with Crippen molar-refractivity contribution in [1.82, 2.24) is 0 Å². The first-order valence-corrected chi connectivity index (χ1v) is 4.16. The smallest absolute Gasteiger partial charge is 0.140 e. The Morgan fingerprint density at radius 2 is 2.00 bits per heavy atom. The van der Waals surface area contributed by atoms with Gasteiger partial charge >= 0.3 is 0 Å². The molecule has 0 heterocycles. The number of ketones is 1. The van der Waals surface area contributed by atoms with E-state index in [2.05, 4.69) is 6.92 Å². The summed E-state index contributed by atoms with van der Waals surface area (Å²) >= 11 is 0. The standard InChI is InChI=1S/C11H13O/c1-3-11(12)9(2)10-7-5-4-6-8-10/h4-9H,2-3H2,1H3. The van der Waals surface area contributed by atoms with Gasteiger partial charge in [-0.05, 0) is 12.5 Å². The predicted molar refractivity (Wildman–Crippen MR) is 49.8 cm³/mol. The molecule has 12 heavy (non-hydrogen) atoms. The Morgan fingerprint density at radius 1 is 1.42 bits per heavy atom. The first kappa shape index (κ1) is 8.98. The van der Waals surface area contributed by atoms with Crippen LogP contribution in [0.15, 0.2) is 30.3 Å². The third-order valence-corrected chi connectivity index (χ3v) is 1.94. The lowest BCUT2D eigenvalue weighted by Gasteiger charge is -2.07. The summed E-state index contributed by atoms with van der Waals surface area (Å²) in [5.74, 6) is -0.00241. The molecule has 1 unspecified atom stereocenters. The van der Waals surface area contributed by atoms with Gasteiger partial charge in [-0.15, -0.1) is 0 Å². The van der Waals surface area contributed by atoms with E-state index in [1.54, 1.807) is 0 Å². The number of benzene rings is 1. The maximum Gasteiger partial charge on any atom is 0.140 e. The SMILES string of the molecule is [CH2]C(C(=O)CC)c1ccccc1. The summed E-state index contributed by atoms with van der Waals surface area (Å²) in [7, 11) is 0. The van der Waals surface area contributed by atoms with Gasteiger partial charge in [0.15, 0.2) is 0 Å². The summed E-state index contributed by atoms with van der Waals surface area (Å²) in [5.41, 5.74) is 1.00. The highest BCUT2D eigenvalue weighted by Gasteiger charge is 2.11. The molecule has 0 aliphatic heterocycles. The van der Waals surface area contributed by atoms with Crippen LogP contribution in [0.1, 0.15) is 24.8 Å². The fourth-order valence-electron chi connectivity index (χ4n) is 1.12. The van der Waals surface area contributed by atoms with Gasteiger partial charge in [0.25, 0.3) is 0 Å². The molecule has 0 saturated heterocycles. The van der Waals surface area contributed by atoms with Gasteiger partial charge in [-0.3, -0.25) is 4.79 Å². The zero-order valence-electron chi connectivity index (χ0n) is 7.29. The van der Waals surface area contributed by atoms with E-state index in [0.29, 0.717) is 6.42 Å². The molecule has 0 N–H and O–H groups in total. The highest BCUT2D eigenvalue weighted by atomic mass is 16.1. The molecule has 0 saturated carbocycles. The first-order valence-electron chi connectivity index (χ1n) is 4.16. The second-order valence-corrected chi connectivity index (χ2v) is 2.78. The van der Waals surface area contributed by atoms with Crippen LogP contribution in [0.25, 0.3) is 0 Å². The molecule has 63 valence electrons. The van der Waals surface area contributed by atoms with Crippen molar-refractivity contribution in [3.8, 4) is 0 Å². The van der Waals surface area contributed by atoms with E-state index >= 15 is 0 Å². The maximum absolute atomic E-state index is 11.2. The average molecular weight is 161 g/mol. The molecule has 0 bridgehead atoms. The van der Waals surface area contributed by atoms with Gasteiger partial charge in [-0.2, -0.15) is 0 Å². The first-order chi connectivity index (χ1) is 5.75. The minimum atomic E-state index is -0.198. The molecule has 1 aromatic rings. The van der Waals surface area contributed by atoms with Gasteiger partial charge in [0, 0.05) is 12.3 Å². The van der Waals surface area contributed by atoms with Crippen molar-refractivity contribution >= 4 is 5.78 Å². The van der Waals surface area contributed by atoms with Crippen molar-refractivity contribution < 1.29 is 4.79 Å². The molecule has 0 aliphatic rings. The van der Waals surface area contributed by atoms with Gasteiger partial charge in [0.1, 0.15) is 5.78 Å². The van der Waals surface area contributed by atoms with Crippen molar-refractivity contribution in [3.63, 3.8) is 0 Å². The van der Waals surface area contributed by atoms with Gasteiger partial charge in [-0.25, -0.2) is 0 Å². The van der Waals surface area contributed by atoms with Crippen LogP contribution in [0.2, 0.25) is 0 Å². The highest BCUT2D eigenvalue weighted by molar-refractivity contribution is 5.86. The van der Waals surface area contributed by atoms with Crippen molar-refractivity contribution in [3.05, 3.63) is 42.8 Å². The van der Waals surface area contributed by atoms with Crippen molar-refractivity contribution in [2.24, 2.45) is 0 Å². The van der Waals surface area contributed by atoms with Crippen LogP contribution in [-0.4, -0.2) is 5.78 Å². The zero-order chi connectivity index (χ0) is 8.97. The molecule has 1 rings (SSSR count). The third-order valence-electron chi connectivity index (χ3n) is 1.94. The fraction of sp³-hybridized carbons (Fsp3) is 0.273. The molecular weight excluding hydrogens is 148 g/mol. The van der Waals surface area contributed by atoms with Crippen LogP contribution in [0, 0.1) is 6.92 Å². The number of hydrogen-bond donors (Lipinski definition) is 0. The highest BCUT2D eigenvalue weighted by Crippen LogP contribution is 2.15. The summed E-state index contributed by atoms with van der Waals surface area (Å²) in [6.07, 6.45) is 0.559. The molecule has 1 radical (unpaired) electrons. The van der Waals surface area contributed by atoms with Crippen LogP contribution in [0.5, 0.6) is 0 Å². The topological polar surface area (TPSA) is 17.1 Å². The largest absolute Gasteiger partial charge is 0.299 e. The lowest BCUT2D eigenvalue weighted by atomic mass is 9.96. The van der Waals surface area contributed by atoms with E-state index in [1.165, 1.54) is 0 Å². The second kappa shape index (κ2) is 4.05. The minimum absolute atomic E-state index is 0.196. The number of rotatable bonds is 3. The summed E-state index contributed by atoms with van der Waals surface area (Å²) in [4.78, 5) is 11.2. The van der Waals surface area contributed by atoms with Gasteiger partial charge in [0.2, 0.25) is 0 Å². The Balaban J connectivity index is 2.78. The van der Waals surface area contributed by atoms with Gasteiger partial charge in [-0.1, -0.05) is 37.3 Å². The van der Waals surface area contributed by atoms with Gasteiger partial charge in [0.05, 0.1) is 0 Å². The molecule has 1 aromatic carbocycles. The number of carbonyl (C=O) groups is 1. The van der Waals surface area contributed by atoms with E-state index in [-0.39, 0.29) is 11.7 Å². The molecule has 1 atom stereocenters. The molecule has 1 nitrogen and oxygen atoms in total. The van der Waals surface area contributed by atoms with Crippen molar-refractivity contribution in [2.75, 3.05) is 0 Å². The Kier molecular flexibility index (Phi) is 3.03. The van der Waals surface area contributed by atoms with E-state index in [9.17, 15) is 4.79 Å². The predicted octanol–water partition coefficient (Wildman–Crippen LogP) is 2.58. The Morgan fingerprint density at radius 3 is 2.50 bits per heavy atom. The number of Topliss-reactive ketones (excluding diaryl/α,β-unsaturated/α-hetero) is 1. The lowest BCUT2D eigenvalue weighted by Crippen LogP contribution is -2.07. The van der Waals surface area contributed by atoms with Crippen LogP contribution < -0.4 is 0 Å². The monoisotopic (exact) mass is 161 g/mol. The average Bonchev–Trinajstić information content (AvgIpc) is 2.17. The molecule has 0 fully saturated rings. The van der Waals surface area contributed by atoms with E-state index in [0.717, 1.165) is 5.56 Å². The molecule has 0 aromatic heterocycles. The fourth-order valence-corrected chi connectivity index (χ4v) is 1.12. The normalized spacial score (nSPS) is 12.5. The maximum atomic E-state index is 11.2. The Bertz CT molecular complexity index is 251. The van der Waals surface area contributed by atoms with Gasteiger partial charge < -0.3 is 0 Å². The molecule has 1 heteroatoms. The third kappa shape index (κ3) is 1.94. The molecule has 0 amide bonds. The second-order valence-electron chi connectivity index (χ2n) is 2.78. The summed E-state index contributed by atoms with van der Waals surface area (Å²) in [6, 6.07) is 9.66. The quantitative estimate of drug-likeness (QED) is 0.666. The summed E-state index contributed by atoms with van der Waals surface area (Å²) in [5, 5.41) is 0. The van der Waals surface area contributed by atoms with Crippen molar-refractivity contribution in [2.45, 2.75) is 19.3 Å². The van der Waals surface area contributed by atoms with Crippen molar-refractivity contribution in [1.29, 1.82) is 0 Å². The lowest BCUT2D eigenvalue weighted by molar-refractivity contribution is -0.119. The molecular formula is C11H13O. The summed E-state index contributed by atoms with van der Waals surface area (Å²) in [6.45, 7) is 5.69. The van der Waals surface area contributed by atoms with Crippen LogP contribution in [-0.2, 0) is 4.79 Å². The summed E-state index contributed by atoms with van der Waals surface area (Å²) < 4.78 is 0. The van der Waals surface area contributed by atoms with E-state index in [4.69, 9.17) is 0 Å². The van der Waals surface area contributed by atoms with E-state index < -0.39 is 0 Å². The van der Waals surface area contributed by atoms with Crippen LogP contribution >= 0.6 is 0 Å². The number of hydrogen-bond acceptors (Lipinski definition) is 1. The molecule has 0 spiro atoms. The Labute approximate surface area is 73.4 Å². The van der Waals surface area contributed by atoms with Crippen LogP contribution in [0.4, 0.5) is 0 Å². The van der Waals surface area contributed by atoms with Crippen LogP contribution in [0.3, 0.4) is 0 Å². The number of carbonyl (C=O) groups excluding carboxylic acids is 1. The van der Waals surface area contributed by atoms with E-state index in [1.807, 2.05) is 37.3 Å².